The minimum absolute atomic E-state index is 0.00366. The maximum Gasteiger partial charge on any atom is 0.430 e. The summed E-state index contributed by atoms with van der Waals surface area (Å²) in [5, 5.41) is 203. The highest BCUT2D eigenvalue weighted by Gasteiger charge is 2.77. The average molecular weight is 2000 g/mol. The molecular formula is C66H54F42O22. The monoisotopic (exact) mass is 2000 g/mol. The van der Waals surface area contributed by atoms with Crippen molar-refractivity contribution in [2.45, 2.75) is 184 Å². The van der Waals surface area contributed by atoms with E-state index in [1.165, 1.54) is 0 Å². The van der Waals surface area contributed by atoms with Gasteiger partial charge in [0.1, 0.15) is 57.5 Å². The van der Waals surface area contributed by atoms with Crippen LogP contribution in [-0.2, 0) is 56.0 Å². The van der Waals surface area contributed by atoms with Crippen molar-refractivity contribution in [3.8, 4) is 69.0 Å². The highest BCUT2D eigenvalue weighted by atomic mass is 19.5. The van der Waals surface area contributed by atoms with E-state index in [1.807, 2.05) is 0 Å². The highest BCUT2D eigenvalue weighted by Crippen LogP contribution is 2.61. The molecular weight excluding hydrogens is 1940 g/mol. The first-order chi connectivity index (χ1) is 56.4. The smallest absolute Gasteiger partial charge is 0.430 e. The molecule has 22 N–H and O–H groups in total. The second-order valence-electron chi connectivity index (χ2n) is 27.2. The van der Waals surface area contributed by atoms with Crippen LogP contribution in [0.15, 0.2) is 84.9 Å². The van der Waals surface area contributed by atoms with Crippen molar-refractivity contribution in [2.75, 3.05) is 0 Å². The van der Waals surface area contributed by atoms with Gasteiger partial charge in [0, 0.05) is 62.2 Å². The Morgan fingerprint density at radius 1 is 0.154 bits per heavy atom. The molecule has 6 unspecified atom stereocenters. The second-order valence-corrected chi connectivity index (χ2v) is 27.2. The maximum atomic E-state index is 12.8. The molecule has 0 aliphatic carbocycles. The van der Waals surface area contributed by atoms with Crippen LogP contribution < -0.4 is 0 Å². The van der Waals surface area contributed by atoms with E-state index in [1.54, 1.807) is 0 Å². The van der Waals surface area contributed by atoms with Gasteiger partial charge in [0.05, 0.1) is 0 Å². The van der Waals surface area contributed by atoms with E-state index in [-0.39, 0.29) is 76.8 Å². The molecule has 6 rings (SSSR count). The van der Waals surface area contributed by atoms with Crippen molar-refractivity contribution < 1.29 is 297 Å². The number of phenols is 12. The van der Waals surface area contributed by atoms with Gasteiger partial charge in [0.2, 0.25) is 0 Å². The minimum atomic E-state index is -6.53. The molecule has 64 heteroatoms. The van der Waals surface area contributed by atoms with E-state index in [0.717, 1.165) is 18.2 Å². The SMILES string of the molecule is CC(O)(c1cc(C(C)(O)C(F)(F)F)c(O)cc1O)C(F)(F)F.CC(O)(c1cc(O)c(C(O)(C(F)(F)F)C(F)(F)F)cc1O)C(F)(F)F.CC(O)(c1cc(O)c(O)c(C(O)(C(F)(F)F)C(F)(F)F)c1)C(F)(F)F.CC(O)(c1cc(O)cc(C(O)(C(F)(F)F)C(F)(F)F)c1O)C(F)(F)F.CC(O)(c1ccc(O)cc1O)C(F)(F)F.Oc1ccc(O)c(C(O)(C(F)(F)F)C(F)(F)F)c1. The molecule has 0 saturated carbocycles. The Bertz CT molecular complexity index is 4800. The average Bonchev–Trinajstić information content (AvgIpc) is 0.729. The first-order valence-corrected chi connectivity index (χ1v) is 32.0. The van der Waals surface area contributed by atoms with E-state index >= 15 is 0 Å². The summed E-state index contributed by atoms with van der Waals surface area (Å²) in [4.78, 5) is 0. The standard InChI is InChI=1S/3C12H9F9O4.C12H12F6O4.C9H6F6O3.C9H9F3O3/c1-8(24,10(13,14)15)4-2-7(23)5(3-6(4)22)9(25,11(16,17)18)12(19,20)21;1-8(24,10(13,14)15)5-2-4(22)3-6(7(5)23)9(25,11(16,17)18)12(19,20)21;1-8(24,10(13,14)15)4-2-5(7(23)6(22)3-4)9(25,11(16,17)18)12(19,20)21;1-9(21,11(13,14)15)5-3-6(8(20)4-7(5)19)10(2,22)12(16,17)18;10-8(11,12)7(18,9(13,14)15)5-3-4(16)1-2-6(5)17;1-8(15,9(10,11)12)6-3-2-5(13)4-7(6)14/h3*2-3,22-25H,1H3;3-4,19-22H,1-2H3;1-3,16-18H;2-4,13-15H,1H3. The van der Waals surface area contributed by atoms with Crippen molar-refractivity contribution in [1.82, 2.24) is 0 Å². The predicted octanol–water partition coefficient (Wildman–Crippen LogP) is 16.5. The highest BCUT2D eigenvalue weighted by molar-refractivity contribution is 5.56. The van der Waals surface area contributed by atoms with Gasteiger partial charge in [0.25, 0.3) is 22.4 Å². The maximum absolute atomic E-state index is 12.8. The van der Waals surface area contributed by atoms with Crippen LogP contribution in [0.25, 0.3) is 0 Å². The van der Waals surface area contributed by atoms with Crippen LogP contribution in [0, 0.1) is 0 Å². The zero-order chi connectivity index (χ0) is 105. The van der Waals surface area contributed by atoms with E-state index in [4.69, 9.17) is 35.7 Å². The van der Waals surface area contributed by atoms with Crippen LogP contribution in [0.3, 0.4) is 0 Å². The van der Waals surface area contributed by atoms with Crippen molar-refractivity contribution in [2.24, 2.45) is 0 Å². The Labute approximate surface area is 689 Å². The molecule has 0 aliphatic heterocycles. The molecule has 0 spiro atoms. The van der Waals surface area contributed by atoms with Crippen LogP contribution in [0.2, 0.25) is 0 Å². The summed E-state index contributed by atoms with van der Waals surface area (Å²) >= 11 is 0. The molecule has 744 valence electrons. The lowest BCUT2D eigenvalue weighted by Gasteiger charge is -2.35. The van der Waals surface area contributed by atoms with Gasteiger partial charge in [0.15, 0.2) is 45.1 Å². The Kier molecular flexibility index (Phi) is 32.5. The number of hydrogen-bond acceptors (Lipinski definition) is 22. The van der Waals surface area contributed by atoms with Gasteiger partial charge >= 0.3 is 86.5 Å². The van der Waals surface area contributed by atoms with Crippen LogP contribution >= 0.6 is 0 Å². The summed E-state index contributed by atoms with van der Waals surface area (Å²) in [6.45, 7) is 0.907. The number of aliphatic hydroxyl groups is 10. The molecule has 0 amide bonds. The molecule has 0 heterocycles. The Balaban J connectivity index is 0.000000786. The van der Waals surface area contributed by atoms with Gasteiger partial charge in [-0.25, -0.2) is 0 Å². The molecule has 0 fully saturated rings. The van der Waals surface area contributed by atoms with Crippen LogP contribution in [0.4, 0.5) is 184 Å². The third kappa shape index (κ3) is 22.7. The van der Waals surface area contributed by atoms with Gasteiger partial charge < -0.3 is 112 Å². The van der Waals surface area contributed by atoms with Gasteiger partial charge in [-0.3, -0.25) is 0 Å². The van der Waals surface area contributed by atoms with Crippen molar-refractivity contribution in [1.29, 1.82) is 0 Å². The fourth-order valence-electron chi connectivity index (χ4n) is 9.59. The van der Waals surface area contributed by atoms with E-state index in [0.29, 0.717) is 19.1 Å². The molecule has 130 heavy (non-hydrogen) atoms. The van der Waals surface area contributed by atoms with Crippen LogP contribution in [0.1, 0.15) is 97.2 Å². The molecule has 6 aromatic rings. The van der Waals surface area contributed by atoms with Gasteiger partial charge in [-0.1, -0.05) is 0 Å². The quantitative estimate of drug-likeness (QED) is 0.0344. The molecule has 6 aromatic carbocycles. The van der Waals surface area contributed by atoms with Crippen molar-refractivity contribution in [3.05, 3.63) is 141 Å². The summed E-state index contributed by atoms with van der Waals surface area (Å²) in [5.74, 6) is -18.0. The van der Waals surface area contributed by atoms with Gasteiger partial charge in [-0.05, 0) is 120 Å². The summed E-state index contributed by atoms with van der Waals surface area (Å²) in [6, 6.07) is 1.82. The molecule has 0 radical (unpaired) electrons. The molecule has 0 aliphatic rings. The lowest BCUT2D eigenvalue weighted by Crippen LogP contribution is -2.54. The second kappa shape index (κ2) is 35.9. The summed E-state index contributed by atoms with van der Waals surface area (Å²) in [7, 11) is 0. The van der Waals surface area contributed by atoms with E-state index in [2.05, 4.69) is 0 Å². The number of halogens is 42. The minimum Gasteiger partial charge on any atom is -0.508 e. The summed E-state index contributed by atoms with van der Waals surface area (Å²) in [5.41, 5.74) is -63.0. The van der Waals surface area contributed by atoms with Gasteiger partial charge in [-0.2, -0.15) is 184 Å². The Morgan fingerprint density at radius 2 is 0.369 bits per heavy atom. The first kappa shape index (κ1) is 118. The molecule has 6 atom stereocenters. The number of rotatable bonds is 10. The first-order valence-electron chi connectivity index (χ1n) is 32.0. The number of aromatic hydroxyl groups is 12. The fraction of sp³-hybridized carbons (Fsp3) is 0.455. The molecule has 0 bridgehead atoms. The number of benzene rings is 6. The fourth-order valence-corrected chi connectivity index (χ4v) is 9.59. The van der Waals surface area contributed by atoms with Crippen LogP contribution in [-0.4, -0.2) is 199 Å². The summed E-state index contributed by atoms with van der Waals surface area (Å²) in [6.07, 6.45) is -83.5. The molecule has 0 saturated heterocycles. The third-order valence-corrected chi connectivity index (χ3v) is 17.7. The zero-order valence-corrected chi connectivity index (χ0v) is 62.8. The Hall–Kier alpha value is -10.4. The van der Waals surface area contributed by atoms with Crippen molar-refractivity contribution >= 4 is 0 Å². The number of alkyl halides is 42. The van der Waals surface area contributed by atoms with Crippen molar-refractivity contribution in [3.63, 3.8) is 0 Å². The third-order valence-electron chi connectivity index (χ3n) is 17.7. The zero-order valence-electron chi connectivity index (χ0n) is 62.8. The van der Waals surface area contributed by atoms with E-state index < -0.39 is 280 Å². The van der Waals surface area contributed by atoms with Gasteiger partial charge in [-0.15, -0.1) is 0 Å². The number of hydrogen-bond donors (Lipinski definition) is 22. The lowest BCUT2D eigenvalue weighted by atomic mass is 9.85. The predicted molar refractivity (Wildman–Crippen MR) is 336 cm³/mol. The largest absolute Gasteiger partial charge is 0.508 e. The summed E-state index contributed by atoms with van der Waals surface area (Å²) < 4.78 is 533. The number of phenolic OH excluding ortho intramolecular Hbond substituents is 12. The molecule has 22 nitrogen and oxygen atoms in total. The van der Waals surface area contributed by atoms with Crippen LogP contribution in [0.5, 0.6) is 69.0 Å². The normalized spacial score (nSPS) is 16.5. The molecule has 0 aromatic heterocycles. The Morgan fingerprint density at radius 3 is 0.669 bits per heavy atom. The topological polar surface area (TPSA) is 445 Å². The van der Waals surface area contributed by atoms with E-state index in [9.17, 15) is 261 Å². The lowest BCUT2D eigenvalue weighted by molar-refractivity contribution is -0.377.